The van der Waals surface area contributed by atoms with Gasteiger partial charge in [-0.3, -0.25) is 30.2 Å². The van der Waals surface area contributed by atoms with Crippen LogP contribution >= 0.6 is 73.7 Å². The molecule has 472 valence electrons. The molecule has 1 aliphatic carbocycles. The van der Waals surface area contributed by atoms with E-state index in [1.165, 1.54) is 46.9 Å². The van der Waals surface area contributed by atoms with Crippen LogP contribution in [0, 0.1) is 20.8 Å². The molecule has 4 N–H and O–H groups in total. The van der Waals surface area contributed by atoms with Crippen LogP contribution in [0.3, 0.4) is 0 Å². The molecule has 16 nitrogen and oxygen atoms in total. The second-order valence-electron chi connectivity index (χ2n) is 21.3. The first-order chi connectivity index (χ1) is 45.6. The topological polar surface area (TPSA) is 213 Å². The number of carbonyl (C=O) groups is 1. The van der Waals surface area contributed by atoms with Gasteiger partial charge >= 0.3 is 0 Å². The monoisotopic (exact) mass is 1410 g/mol. The molecule has 0 atom stereocenters. The Morgan fingerprint density at radius 2 is 1.32 bits per heavy atom. The van der Waals surface area contributed by atoms with Gasteiger partial charge in [-0.2, -0.15) is 10.2 Å². The molecule has 0 bridgehead atoms. The third kappa shape index (κ3) is 16.8. The number of aryl methyl sites for hydroxylation is 5. The van der Waals surface area contributed by atoms with E-state index in [4.69, 9.17) is 46.4 Å². The molecule has 0 spiro atoms. The van der Waals surface area contributed by atoms with Gasteiger partial charge in [0.15, 0.2) is 29.0 Å². The molecule has 0 unspecified atom stereocenters. The van der Waals surface area contributed by atoms with Crippen molar-refractivity contribution in [1.29, 1.82) is 0 Å². The molecule has 1 amide bonds. The van der Waals surface area contributed by atoms with Gasteiger partial charge in [0.05, 0.1) is 43.0 Å². The number of aromatic nitrogens is 8. The van der Waals surface area contributed by atoms with E-state index in [1.807, 2.05) is 111 Å². The number of nitrogens with one attached hydrogen (secondary N) is 2. The maximum Gasteiger partial charge on any atom is 0.271 e. The molecule has 6 aromatic carbocycles. The largest absolute Gasteiger partial charge is 0.505 e. The number of benzene rings is 6. The number of anilines is 2. The number of amides is 1. The fourth-order valence-corrected chi connectivity index (χ4v) is 12.8. The number of hydrogen-bond acceptors (Lipinski definition) is 16. The van der Waals surface area contributed by atoms with Gasteiger partial charge < -0.3 is 15.1 Å². The van der Waals surface area contributed by atoms with E-state index in [-0.39, 0.29) is 22.4 Å². The maximum atomic E-state index is 11.9. The normalized spacial score (nSPS) is 11.6. The van der Waals surface area contributed by atoms with E-state index in [0.717, 1.165) is 73.2 Å². The Hall–Kier alpha value is -9.53. The number of hydrogen-bond donors (Lipinski definition) is 4. The summed E-state index contributed by atoms with van der Waals surface area (Å²) in [5, 5.41) is 34.4. The van der Waals surface area contributed by atoms with Crippen molar-refractivity contribution in [2.75, 3.05) is 17.4 Å². The van der Waals surface area contributed by atoms with Gasteiger partial charge in [0.25, 0.3) is 5.91 Å². The highest BCUT2D eigenvalue weighted by molar-refractivity contribution is 9.10. The van der Waals surface area contributed by atoms with Crippen molar-refractivity contribution in [3.05, 3.63) is 269 Å². The summed E-state index contributed by atoms with van der Waals surface area (Å²) >= 11 is 29.0. The van der Waals surface area contributed by atoms with E-state index in [1.54, 1.807) is 91.3 Å². The maximum absolute atomic E-state index is 11.9. The van der Waals surface area contributed by atoms with Gasteiger partial charge in [-0.15, -0.1) is 11.3 Å². The zero-order valence-corrected chi connectivity index (χ0v) is 56.6. The molecule has 94 heavy (non-hydrogen) atoms. The highest BCUT2D eigenvalue weighted by atomic mass is 79.9. The number of carbonyl (C=O) groups excluding carboxylic acids is 1. The molecule has 7 heterocycles. The quantitative estimate of drug-likeness (QED) is 0.0742. The minimum Gasteiger partial charge on any atom is -0.505 e. The molecule has 7 aromatic heterocycles. The van der Waals surface area contributed by atoms with Crippen molar-refractivity contribution in [1.82, 2.24) is 45.3 Å². The number of phenolic OH excluding ortho intramolecular Hbond substituents is 2. The molecule has 13 aromatic rings. The second-order valence-corrected chi connectivity index (χ2v) is 24.8. The number of thiophene rings is 1. The van der Waals surface area contributed by atoms with Gasteiger partial charge in [0.2, 0.25) is 0 Å². The SMILES string of the molecule is Cc1ccc2ccccc2c1/C=N/NC(=O)c1ccncc1.Cc1ccccc1/C=N/Nc1ncnc2sc3c(c12)CCCC3.Cc1nc(-c2ccccn2)nc(N(C)Cc2ccccc2)c1Cl.Oc1c(Br)cc(Cl)c2cccnc12.Oc1c(Cl)cc(Cl)c2cccnc12. The summed E-state index contributed by atoms with van der Waals surface area (Å²) in [4.78, 5) is 50.7. The Morgan fingerprint density at radius 1 is 0.649 bits per heavy atom. The predicted molar refractivity (Wildman–Crippen MR) is 388 cm³/mol. The highest BCUT2D eigenvalue weighted by Crippen LogP contribution is 2.40. The van der Waals surface area contributed by atoms with Crippen LogP contribution < -0.4 is 15.8 Å². The fraction of sp³-hybridized carbons (Fsp3) is 0.125. The lowest BCUT2D eigenvalue weighted by atomic mass is 9.97. The van der Waals surface area contributed by atoms with Crippen molar-refractivity contribution in [2.45, 2.75) is 53.0 Å². The van der Waals surface area contributed by atoms with Crippen LogP contribution in [-0.4, -0.2) is 75.5 Å². The average Bonchev–Trinajstić information content (AvgIpc) is 1.50. The zero-order chi connectivity index (χ0) is 66.1. The number of hydrazone groups is 2. The van der Waals surface area contributed by atoms with E-state index in [9.17, 15) is 15.0 Å². The van der Waals surface area contributed by atoms with E-state index in [0.29, 0.717) is 53.2 Å². The summed E-state index contributed by atoms with van der Waals surface area (Å²) in [7, 11) is 1.98. The molecule has 14 rings (SSSR count). The minimum absolute atomic E-state index is 0.0262. The molecule has 0 aliphatic heterocycles. The molecule has 1 aliphatic rings. The van der Waals surface area contributed by atoms with Crippen LogP contribution in [0.5, 0.6) is 11.5 Å². The number of rotatable bonds is 10. The Morgan fingerprint density at radius 3 is 2.06 bits per heavy atom. The standard InChI is InChI=1S/C18H17ClN4.C18H18N4S.C18H15N3O.C9H5BrClNO.C9H5Cl2NO/c1-13-16(19)18(23(2)12-14-8-4-3-5-9-14)22-17(21-13)15-10-6-7-11-20-15;1-12-6-2-3-7-13(12)10-21-22-17-16-14-8-4-5-9-15(14)23-18(16)20-11-19-17;1-13-6-7-14-4-2-3-5-16(14)17(13)12-20-21-18(22)15-8-10-19-11-9-15;10-6-4-7(11)5-2-1-3-12-8(5)9(6)13;10-6-4-7(11)9(13)8-5(6)2-1-3-12-8/h3-11H,12H2,1-2H3;2-3,6-7,10-11H,4-5,8-9H2,1H3,(H,19,20,22);2-12H,1H3,(H,21,22);2*1-4,13H/b;21-10+;20-12+;;. The molecular weight excluding hydrogens is 1350 g/mol. The summed E-state index contributed by atoms with van der Waals surface area (Å²) < 4.78 is 0.559. The van der Waals surface area contributed by atoms with Crippen LogP contribution in [-0.2, 0) is 19.4 Å². The average molecular weight is 1410 g/mol. The summed E-state index contributed by atoms with van der Waals surface area (Å²) in [6, 6.07) is 49.9. The molecular formula is C72H60BrCl4N13O3S. The number of fused-ring (bicyclic) bond motifs is 6. The zero-order valence-electron chi connectivity index (χ0n) is 51.2. The van der Waals surface area contributed by atoms with Crippen LogP contribution in [0.4, 0.5) is 11.6 Å². The highest BCUT2D eigenvalue weighted by Gasteiger charge is 2.20. The molecule has 0 radical (unpaired) electrons. The first-order valence-corrected chi connectivity index (χ1v) is 32.6. The number of phenols is 2. The van der Waals surface area contributed by atoms with Crippen LogP contribution in [0.25, 0.3) is 54.3 Å². The lowest BCUT2D eigenvalue weighted by Gasteiger charge is -2.20. The van der Waals surface area contributed by atoms with Crippen molar-refractivity contribution in [3.63, 3.8) is 0 Å². The number of pyridine rings is 4. The van der Waals surface area contributed by atoms with Crippen molar-refractivity contribution >= 4 is 146 Å². The van der Waals surface area contributed by atoms with Crippen LogP contribution in [0.1, 0.15) is 67.2 Å². The lowest BCUT2D eigenvalue weighted by molar-refractivity contribution is 0.0955. The summed E-state index contributed by atoms with van der Waals surface area (Å²) in [5.74, 6) is 1.96. The Kier molecular flexibility index (Phi) is 23.2. The van der Waals surface area contributed by atoms with Gasteiger partial charge in [-0.05, 0) is 162 Å². The second kappa shape index (κ2) is 32.4. The number of nitrogens with zero attached hydrogens (tertiary/aromatic N) is 11. The summed E-state index contributed by atoms with van der Waals surface area (Å²) in [5.41, 5.74) is 15.7. The Bertz CT molecular complexity index is 4770. The van der Waals surface area contributed by atoms with E-state index in [2.05, 4.69) is 120 Å². The van der Waals surface area contributed by atoms with Crippen molar-refractivity contribution in [3.8, 4) is 23.0 Å². The summed E-state index contributed by atoms with van der Waals surface area (Å²) in [6.45, 7) is 6.72. The fourth-order valence-electron chi connectivity index (χ4n) is 10.0. The smallest absolute Gasteiger partial charge is 0.271 e. The molecule has 0 fully saturated rings. The first kappa shape index (κ1) is 67.4. The Balaban J connectivity index is 0.000000131. The van der Waals surface area contributed by atoms with E-state index >= 15 is 0 Å². The van der Waals surface area contributed by atoms with Gasteiger partial charge in [-0.1, -0.05) is 143 Å². The summed E-state index contributed by atoms with van der Waals surface area (Å²) in [6.07, 6.45) is 18.1. The van der Waals surface area contributed by atoms with Gasteiger partial charge in [0.1, 0.15) is 32.9 Å². The molecule has 22 heteroatoms. The van der Waals surface area contributed by atoms with Crippen LogP contribution in [0.15, 0.2) is 210 Å². The molecule has 0 saturated carbocycles. The Labute approximate surface area is 575 Å². The van der Waals surface area contributed by atoms with Gasteiger partial charge in [0, 0.05) is 71.4 Å². The van der Waals surface area contributed by atoms with Crippen molar-refractivity contribution < 1.29 is 15.0 Å². The number of halogens is 5. The minimum atomic E-state index is -0.253. The first-order valence-electron chi connectivity index (χ1n) is 29.5. The predicted octanol–water partition coefficient (Wildman–Crippen LogP) is 18.4. The third-order valence-electron chi connectivity index (χ3n) is 14.9. The third-order valence-corrected chi connectivity index (χ3v) is 18.0. The molecule has 0 saturated heterocycles. The van der Waals surface area contributed by atoms with Crippen molar-refractivity contribution in [2.24, 2.45) is 10.2 Å². The number of aromatic hydroxyl groups is 2. The van der Waals surface area contributed by atoms with Gasteiger partial charge in [-0.25, -0.2) is 25.4 Å². The van der Waals surface area contributed by atoms with E-state index < -0.39 is 0 Å². The van der Waals surface area contributed by atoms with Crippen LogP contribution in [0.2, 0.25) is 20.1 Å². The lowest BCUT2D eigenvalue weighted by Crippen LogP contribution is -2.19.